The summed E-state index contributed by atoms with van der Waals surface area (Å²) in [6.07, 6.45) is 1.68. The predicted octanol–water partition coefficient (Wildman–Crippen LogP) is 2.29. The quantitative estimate of drug-likeness (QED) is 0.900. The first-order chi connectivity index (χ1) is 12.0. The van der Waals surface area contributed by atoms with E-state index in [9.17, 15) is 9.59 Å². The molecule has 8 heteroatoms. The van der Waals surface area contributed by atoms with Crippen LogP contribution in [0.3, 0.4) is 0 Å². The molecule has 132 valence electrons. The van der Waals surface area contributed by atoms with E-state index in [1.54, 1.807) is 11.0 Å². The molecule has 2 aromatic heterocycles. The second kappa shape index (κ2) is 7.18. The molecule has 0 radical (unpaired) electrons. The third kappa shape index (κ3) is 3.79. The van der Waals surface area contributed by atoms with Crippen LogP contribution in [0.1, 0.15) is 37.9 Å². The van der Waals surface area contributed by atoms with E-state index in [1.807, 2.05) is 26.1 Å². The molecule has 3 rings (SSSR count). The van der Waals surface area contributed by atoms with Crippen molar-refractivity contribution in [3.63, 3.8) is 0 Å². The maximum atomic E-state index is 12.5. The lowest BCUT2D eigenvalue weighted by atomic mass is 10.0. The zero-order valence-corrected chi connectivity index (χ0v) is 15.0. The Hall–Kier alpha value is -2.48. The van der Waals surface area contributed by atoms with Gasteiger partial charge >= 0.3 is 5.97 Å². The average molecular weight is 360 g/mol. The molecule has 1 N–H and O–H groups in total. The molecule has 0 spiro atoms. The number of thiophene rings is 1. The zero-order valence-electron chi connectivity index (χ0n) is 14.2. The summed E-state index contributed by atoms with van der Waals surface area (Å²) < 4.78 is 0. The summed E-state index contributed by atoms with van der Waals surface area (Å²) >= 11 is 1.03. The van der Waals surface area contributed by atoms with E-state index in [4.69, 9.17) is 5.11 Å². The topological polar surface area (TPSA) is 86.6 Å². The monoisotopic (exact) mass is 360 g/mol. The lowest BCUT2D eigenvalue weighted by Gasteiger charge is -2.37. The molecule has 25 heavy (non-hydrogen) atoms. The number of nitrogens with zero attached hydrogens (tertiary/aromatic N) is 4. The fourth-order valence-electron chi connectivity index (χ4n) is 2.95. The summed E-state index contributed by atoms with van der Waals surface area (Å²) in [7, 11) is 2.00. The summed E-state index contributed by atoms with van der Waals surface area (Å²) in [6, 6.07) is 7.28. The van der Waals surface area contributed by atoms with Crippen molar-refractivity contribution in [2.24, 2.45) is 0 Å². The molecule has 0 aromatic carbocycles. The van der Waals surface area contributed by atoms with Crippen molar-refractivity contribution in [1.29, 1.82) is 0 Å². The van der Waals surface area contributed by atoms with Crippen LogP contribution in [0.15, 0.2) is 24.3 Å². The minimum atomic E-state index is -0.997. The molecule has 2 aromatic rings. The third-order valence-electron chi connectivity index (χ3n) is 4.47. The Balaban J connectivity index is 1.60. The molecule has 0 saturated carbocycles. The van der Waals surface area contributed by atoms with E-state index in [1.165, 1.54) is 6.07 Å². The fourth-order valence-corrected chi connectivity index (χ4v) is 3.76. The van der Waals surface area contributed by atoms with Gasteiger partial charge < -0.3 is 14.9 Å². The van der Waals surface area contributed by atoms with Crippen molar-refractivity contribution < 1.29 is 14.7 Å². The Morgan fingerprint density at radius 3 is 2.40 bits per heavy atom. The van der Waals surface area contributed by atoms with Crippen molar-refractivity contribution in [2.45, 2.75) is 25.8 Å². The fraction of sp³-hybridized carbons (Fsp3) is 0.412. The van der Waals surface area contributed by atoms with Crippen LogP contribution >= 0.6 is 11.3 Å². The molecular weight excluding hydrogens is 340 g/mol. The van der Waals surface area contributed by atoms with Crippen LogP contribution in [0.25, 0.3) is 0 Å². The maximum absolute atomic E-state index is 12.5. The van der Waals surface area contributed by atoms with Gasteiger partial charge in [-0.3, -0.25) is 4.79 Å². The number of amides is 1. The molecule has 1 saturated heterocycles. The SMILES string of the molecule is Cc1ccc(N(C)C2CCN(C(=O)c3ccc(C(=O)O)s3)CC2)nn1. The second-order valence-corrected chi connectivity index (χ2v) is 7.22. The van der Waals surface area contributed by atoms with Gasteiger partial charge in [-0.05, 0) is 44.0 Å². The number of aryl methyl sites for hydroxylation is 1. The summed E-state index contributed by atoms with van der Waals surface area (Å²) in [6.45, 7) is 3.20. The molecule has 1 aliphatic heterocycles. The van der Waals surface area contributed by atoms with Crippen LogP contribution in [-0.4, -0.2) is 58.3 Å². The van der Waals surface area contributed by atoms with E-state index in [0.717, 1.165) is 35.7 Å². The molecule has 7 nitrogen and oxygen atoms in total. The first-order valence-corrected chi connectivity index (χ1v) is 8.93. The number of hydrogen-bond donors (Lipinski definition) is 1. The zero-order chi connectivity index (χ0) is 18.0. The van der Waals surface area contributed by atoms with Crippen LogP contribution in [0.4, 0.5) is 5.82 Å². The number of rotatable bonds is 4. The van der Waals surface area contributed by atoms with Gasteiger partial charge in [0.2, 0.25) is 0 Å². The lowest BCUT2D eigenvalue weighted by molar-refractivity contribution is 0.0699. The number of anilines is 1. The normalized spacial score (nSPS) is 15.2. The number of aromatic nitrogens is 2. The summed E-state index contributed by atoms with van der Waals surface area (Å²) in [5, 5.41) is 17.3. The van der Waals surface area contributed by atoms with Crippen LogP contribution in [0.2, 0.25) is 0 Å². The van der Waals surface area contributed by atoms with Crippen molar-refractivity contribution in [3.05, 3.63) is 39.7 Å². The number of hydrogen-bond acceptors (Lipinski definition) is 6. The Labute approximate surface area is 149 Å². The van der Waals surface area contributed by atoms with E-state index in [0.29, 0.717) is 24.0 Å². The second-order valence-electron chi connectivity index (χ2n) is 6.14. The van der Waals surface area contributed by atoms with Gasteiger partial charge in [0, 0.05) is 26.2 Å². The van der Waals surface area contributed by atoms with Gasteiger partial charge in [0.25, 0.3) is 5.91 Å². The lowest BCUT2D eigenvalue weighted by Crippen LogP contribution is -2.45. The van der Waals surface area contributed by atoms with Crippen LogP contribution in [0.5, 0.6) is 0 Å². The van der Waals surface area contributed by atoms with Crippen molar-refractivity contribution in [3.8, 4) is 0 Å². The highest BCUT2D eigenvalue weighted by molar-refractivity contribution is 7.15. The van der Waals surface area contributed by atoms with Crippen LogP contribution in [0, 0.1) is 6.92 Å². The molecule has 1 aliphatic rings. The van der Waals surface area contributed by atoms with Crippen LogP contribution < -0.4 is 4.90 Å². The molecule has 0 bridgehead atoms. The molecule has 3 heterocycles. The van der Waals surface area contributed by atoms with E-state index in [-0.39, 0.29) is 10.8 Å². The van der Waals surface area contributed by atoms with Gasteiger partial charge in [-0.25, -0.2) is 4.79 Å². The van der Waals surface area contributed by atoms with Crippen molar-refractivity contribution in [1.82, 2.24) is 15.1 Å². The van der Waals surface area contributed by atoms with Crippen LogP contribution in [-0.2, 0) is 0 Å². The number of carbonyl (C=O) groups excluding carboxylic acids is 1. The first-order valence-electron chi connectivity index (χ1n) is 8.11. The number of carboxylic acid groups (broad SMARTS) is 1. The van der Waals surface area contributed by atoms with Crippen molar-refractivity contribution in [2.75, 3.05) is 25.0 Å². The Morgan fingerprint density at radius 1 is 1.16 bits per heavy atom. The minimum Gasteiger partial charge on any atom is -0.477 e. The van der Waals surface area contributed by atoms with Crippen molar-refractivity contribution >= 4 is 29.0 Å². The summed E-state index contributed by atoms with van der Waals surface area (Å²) in [5.41, 5.74) is 0.884. The Morgan fingerprint density at radius 2 is 1.84 bits per heavy atom. The highest BCUT2D eigenvalue weighted by atomic mass is 32.1. The van der Waals surface area contributed by atoms with Gasteiger partial charge in [0.05, 0.1) is 10.6 Å². The number of carboxylic acids is 1. The molecule has 0 unspecified atom stereocenters. The molecule has 0 atom stereocenters. The third-order valence-corrected chi connectivity index (χ3v) is 5.53. The average Bonchev–Trinajstić information content (AvgIpc) is 3.12. The number of aromatic carboxylic acids is 1. The maximum Gasteiger partial charge on any atom is 0.345 e. The number of piperidine rings is 1. The standard InChI is InChI=1S/C17H20N4O3S/c1-11-3-6-15(19-18-11)20(2)12-7-9-21(10-8-12)16(22)13-4-5-14(25-13)17(23)24/h3-6,12H,7-10H2,1-2H3,(H,23,24). The first kappa shape index (κ1) is 17.3. The Bertz CT molecular complexity index is 766. The van der Waals surface area contributed by atoms with E-state index in [2.05, 4.69) is 15.1 Å². The van der Waals surface area contributed by atoms with Gasteiger partial charge in [0.1, 0.15) is 4.88 Å². The van der Waals surface area contributed by atoms with E-state index < -0.39 is 5.97 Å². The highest BCUT2D eigenvalue weighted by Gasteiger charge is 2.27. The molecule has 1 fully saturated rings. The number of carbonyl (C=O) groups is 2. The largest absolute Gasteiger partial charge is 0.477 e. The highest BCUT2D eigenvalue weighted by Crippen LogP contribution is 2.23. The molecule has 1 amide bonds. The minimum absolute atomic E-state index is 0.0891. The smallest absolute Gasteiger partial charge is 0.345 e. The predicted molar refractivity (Wildman–Crippen MR) is 95.4 cm³/mol. The Kier molecular flexibility index (Phi) is 4.98. The number of likely N-dealkylation sites (tertiary alicyclic amines) is 1. The van der Waals surface area contributed by atoms with Gasteiger partial charge in [-0.15, -0.1) is 16.4 Å². The summed E-state index contributed by atoms with van der Waals surface area (Å²) in [4.78, 5) is 28.1. The van der Waals surface area contributed by atoms with E-state index >= 15 is 0 Å². The molecule has 0 aliphatic carbocycles. The van der Waals surface area contributed by atoms with Gasteiger partial charge in [0.15, 0.2) is 5.82 Å². The molecular formula is C17H20N4O3S. The van der Waals surface area contributed by atoms with Gasteiger partial charge in [-0.2, -0.15) is 5.10 Å². The summed E-state index contributed by atoms with van der Waals surface area (Å²) in [5.74, 6) is -0.253. The van der Waals surface area contributed by atoms with Gasteiger partial charge in [-0.1, -0.05) is 0 Å².